The standard InChI is InChI=1S/C8H2F2O2S/c9-3-1-2-4-5(6(3)10)7(11)8(12)13-4/h1-2H. The van der Waals surface area contributed by atoms with Gasteiger partial charge in [-0.3, -0.25) is 9.59 Å². The summed E-state index contributed by atoms with van der Waals surface area (Å²) in [6.07, 6.45) is 0. The summed E-state index contributed by atoms with van der Waals surface area (Å²) in [7, 11) is 0. The van der Waals surface area contributed by atoms with Gasteiger partial charge in [-0.2, -0.15) is 0 Å². The highest BCUT2D eigenvalue weighted by Crippen LogP contribution is 2.34. The first-order valence-corrected chi connectivity index (χ1v) is 4.17. The monoisotopic (exact) mass is 200 g/mol. The molecular weight excluding hydrogens is 198 g/mol. The zero-order chi connectivity index (χ0) is 9.59. The van der Waals surface area contributed by atoms with Crippen molar-refractivity contribution in [1.82, 2.24) is 0 Å². The van der Waals surface area contributed by atoms with E-state index in [4.69, 9.17) is 0 Å². The van der Waals surface area contributed by atoms with Crippen LogP contribution in [0, 0.1) is 11.6 Å². The predicted octanol–water partition coefficient (Wildman–Crippen LogP) is 1.78. The van der Waals surface area contributed by atoms with Crippen molar-refractivity contribution in [3.05, 3.63) is 29.3 Å². The molecule has 13 heavy (non-hydrogen) atoms. The highest BCUT2D eigenvalue weighted by molar-refractivity contribution is 8.16. The molecule has 0 atom stereocenters. The van der Waals surface area contributed by atoms with Crippen molar-refractivity contribution in [2.45, 2.75) is 4.90 Å². The highest BCUT2D eigenvalue weighted by atomic mass is 32.2. The van der Waals surface area contributed by atoms with Crippen molar-refractivity contribution >= 4 is 22.7 Å². The summed E-state index contributed by atoms with van der Waals surface area (Å²) in [5.74, 6) is -3.31. The Morgan fingerprint density at radius 3 is 2.54 bits per heavy atom. The molecule has 66 valence electrons. The molecule has 0 radical (unpaired) electrons. The first kappa shape index (κ1) is 8.37. The lowest BCUT2D eigenvalue weighted by molar-refractivity contribution is -0.107. The fraction of sp³-hybridized carbons (Fsp3) is 0. The van der Waals surface area contributed by atoms with Crippen molar-refractivity contribution in [3.63, 3.8) is 0 Å². The van der Waals surface area contributed by atoms with E-state index >= 15 is 0 Å². The van der Waals surface area contributed by atoms with Gasteiger partial charge in [-0.1, -0.05) is 0 Å². The molecule has 0 aliphatic carbocycles. The SMILES string of the molecule is O=C1Sc2ccc(F)c(F)c2C1=O. The number of thioether (sulfide) groups is 1. The summed E-state index contributed by atoms with van der Waals surface area (Å²) in [5, 5.41) is -0.764. The smallest absolute Gasteiger partial charge is 0.264 e. The van der Waals surface area contributed by atoms with Gasteiger partial charge in [0, 0.05) is 4.90 Å². The summed E-state index contributed by atoms with van der Waals surface area (Å²) in [4.78, 5) is 22.0. The van der Waals surface area contributed by atoms with Gasteiger partial charge in [0.1, 0.15) is 0 Å². The molecule has 1 aromatic carbocycles. The van der Waals surface area contributed by atoms with Crippen LogP contribution in [0.4, 0.5) is 8.78 Å². The molecular formula is C8H2F2O2S. The molecule has 0 aromatic heterocycles. The maximum absolute atomic E-state index is 13.0. The van der Waals surface area contributed by atoms with Crippen LogP contribution in [-0.4, -0.2) is 10.9 Å². The maximum atomic E-state index is 13.0. The number of hydrogen-bond donors (Lipinski definition) is 0. The summed E-state index contributed by atoms with van der Waals surface area (Å²) < 4.78 is 25.6. The molecule has 1 aromatic rings. The first-order valence-electron chi connectivity index (χ1n) is 3.36. The highest BCUT2D eigenvalue weighted by Gasteiger charge is 2.33. The van der Waals surface area contributed by atoms with E-state index in [9.17, 15) is 18.4 Å². The van der Waals surface area contributed by atoms with Crippen LogP contribution < -0.4 is 0 Å². The van der Waals surface area contributed by atoms with Crippen molar-refractivity contribution in [1.29, 1.82) is 0 Å². The van der Waals surface area contributed by atoms with Crippen LogP contribution in [0.15, 0.2) is 17.0 Å². The fourth-order valence-corrected chi connectivity index (χ4v) is 1.89. The number of carbonyl (C=O) groups is 2. The first-order chi connectivity index (χ1) is 6.11. The van der Waals surface area contributed by atoms with E-state index in [1.54, 1.807) is 0 Å². The van der Waals surface area contributed by atoms with Crippen LogP contribution in [0.1, 0.15) is 10.4 Å². The second-order valence-corrected chi connectivity index (χ2v) is 3.47. The predicted molar refractivity (Wildman–Crippen MR) is 41.6 cm³/mol. The van der Waals surface area contributed by atoms with E-state index < -0.39 is 28.1 Å². The topological polar surface area (TPSA) is 34.1 Å². The lowest BCUT2D eigenvalue weighted by Gasteiger charge is -1.96. The van der Waals surface area contributed by atoms with Crippen molar-refractivity contribution in [2.75, 3.05) is 0 Å². The number of Topliss-reactive ketones (excluding diaryl/α,β-unsaturated/α-hetero) is 1. The molecule has 0 amide bonds. The number of ketones is 1. The maximum Gasteiger partial charge on any atom is 0.264 e. The molecule has 1 aliphatic heterocycles. The Balaban J connectivity index is 2.73. The van der Waals surface area contributed by atoms with E-state index in [1.165, 1.54) is 6.07 Å². The quantitative estimate of drug-likeness (QED) is 0.598. The zero-order valence-corrected chi connectivity index (χ0v) is 6.95. The largest absolute Gasteiger partial charge is 0.284 e. The van der Waals surface area contributed by atoms with E-state index in [0.717, 1.165) is 6.07 Å². The Morgan fingerprint density at radius 2 is 1.85 bits per heavy atom. The molecule has 1 heterocycles. The van der Waals surface area contributed by atoms with E-state index in [0.29, 0.717) is 11.8 Å². The Kier molecular flexibility index (Phi) is 1.69. The Labute approximate surface area is 75.9 Å². The molecule has 1 aliphatic rings. The molecule has 2 rings (SSSR count). The minimum Gasteiger partial charge on any atom is -0.284 e. The summed E-state index contributed by atoms with van der Waals surface area (Å²) in [5.41, 5.74) is -0.435. The van der Waals surface area contributed by atoms with Gasteiger partial charge >= 0.3 is 0 Å². The Hall–Kier alpha value is -1.23. The van der Waals surface area contributed by atoms with E-state index in [2.05, 4.69) is 0 Å². The number of halogens is 2. The summed E-state index contributed by atoms with van der Waals surface area (Å²) in [6, 6.07) is 2.12. The molecule has 5 heteroatoms. The van der Waals surface area contributed by atoms with Crippen LogP contribution in [0.25, 0.3) is 0 Å². The third-order valence-electron chi connectivity index (χ3n) is 1.67. The molecule has 0 spiro atoms. The van der Waals surface area contributed by atoms with Gasteiger partial charge in [-0.15, -0.1) is 0 Å². The van der Waals surface area contributed by atoms with Gasteiger partial charge in [-0.05, 0) is 23.9 Å². The minimum absolute atomic E-state index is 0.189. The van der Waals surface area contributed by atoms with Gasteiger partial charge in [0.2, 0.25) is 5.78 Å². The van der Waals surface area contributed by atoms with Crippen molar-refractivity contribution < 1.29 is 18.4 Å². The van der Waals surface area contributed by atoms with Crippen LogP contribution in [0.5, 0.6) is 0 Å². The van der Waals surface area contributed by atoms with Gasteiger partial charge in [0.25, 0.3) is 5.12 Å². The summed E-state index contributed by atoms with van der Waals surface area (Å²) >= 11 is 0.627. The van der Waals surface area contributed by atoms with E-state index in [-0.39, 0.29) is 4.90 Å². The lowest BCUT2D eigenvalue weighted by Crippen LogP contribution is -2.06. The molecule has 0 saturated heterocycles. The number of hydrogen-bond acceptors (Lipinski definition) is 3. The van der Waals surface area contributed by atoms with Crippen molar-refractivity contribution in [2.24, 2.45) is 0 Å². The van der Waals surface area contributed by atoms with Gasteiger partial charge in [0.15, 0.2) is 11.6 Å². The van der Waals surface area contributed by atoms with Crippen LogP contribution in [-0.2, 0) is 4.79 Å². The van der Waals surface area contributed by atoms with Crippen LogP contribution in [0.2, 0.25) is 0 Å². The average Bonchev–Trinajstić information content (AvgIpc) is 2.37. The minimum atomic E-state index is -1.24. The second kappa shape index (κ2) is 2.63. The third kappa shape index (κ3) is 1.07. The fourth-order valence-electron chi connectivity index (χ4n) is 1.08. The van der Waals surface area contributed by atoms with Gasteiger partial charge in [0.05, 0.1) is 5.56 Å². The van der Waals surface area contributed by atoms with Gasteiger partial charge in [-0.25, -0.2) is 8.78 Å². The number of fused-ring (bicyclic) bond motifs is 1. The molecule has 0 unspecified atom stereocenters. The van der Waals surface area contributed by atoms with Crippen molar-refractivity contribution in [3.8, 4) is 0 Å². The molecule has 0 bridgehead atoms. The second-order valence-electron chi connectivity index (χ2n) is 2.45. The number of benzene rings is 1. The normalized spacial score (nSPS) is 14.9. The lowest BCUT2D eigenvalue weighted by atomic mass is 10.1. The Morgan fingerprint density at radius 1 is 1.15 bits per heavy atom. The number of carbonyl (C=O) groups excluding carboxylic acids is 2. The van der Waals surface area contributed by atoms with Gasteiger partial charge < -0.3 is 0 Å². The molecule has 2 nitrogen and oxygen atoms in total. The molecule has 0 saturated carbocycles. The van der Waals surface area contributed by atoms with E-state index in [1.807, 2.05) is 0 Å². The number of rotatable bonds is 0. The van der Waals surface area contributed by atoms with Crippen LogP contribution >= 0.6 is 11.8 Å². The third-order valence-corrected chi connectivity index (χ3v) is 2.60. The average molecular weight is 200 g/mol. The van der Waals surface area contributed by atoms with Crippen LogP contribution in [0.3, 0.4) is 0 Å². The summed E-state index contributed by atoms with van der Waals surface area (Å²) in [6.45, 7) is 0. The molecule has 0 N–H and O–H groups in total. The Bertz CT molecular complexity index is 428. The zero-order valence-electron chi connectivity index (χ0n) is 6.14. The molecule has 0 fully saturated rings.